The summed E-state index contributed by atoms with van der Waals surface area (Å²) >= 11 is 5.68. The number of carboxylic acids is 1. The zero-order valence-electron chi connectivity index (χ0n) is 8.78. The number of halogens is 1. The minimum Gasteiger partial charge on any atom is -0.477 e. The first kappa shape index (κ1) is 12.1. The predicted octanol–water partition coefficient (Wildman–Crippen LogP) is 2.13. The molecule has 7 nitrogen and oxygen atoms in total. The number of carboxylic acid groups (broad SMARTS) is 1. The first-order valence-electron chi connectivity index (χ1n) is 4.71. The average Bonchev–Trinajstić information content (AvgIpc) is 2.75. The zero-order valence-corrected chi connectivity index (χ0v) is 9.53. The van der Waals surface area contributed by atoms with Crippen molar-refractivity contribution in [2.24, 2.45) is 0 Å². The van der Waals surface area contributed by atoms with Crippen LogP contribution in [0.4, 0.5) is 5.69 Å². The van der Waals surface area contributed by atoms with Crippen LogP contribution in [0, 0.1) is 10.1 Å². The van der Waals surface area contributed by atoms with E-state index in [0.717, 1.165) is 12.1 Å². The van der Waals surface area contributed by atoms with Gasteiger partial charge in [0, 0.05) is 12.3 Å². The molecule has 1 aromatic heterocycles. The summed E-state index contributed by atoms with van der Waals surface area (Å²) in [5.41, 5.74) is -0.507. The Kier molecular flexibility index (Phi) is 2.99. The molecule has 0 amide bonds. The molecule has 0 aliphatic rings. The molecule has 0 saturated carbocycles. The van der Waals surface area contributed by atoms with Crippen molar-refractivity contribution < 1.29 is 14.8 Å². The quantitative estimate of drug-likeness (QED) is 0.678. The zero-order chi connectivity index (χ0) is 13.3. The van der Waals surface area contributed by atoms with E-state index in [4.69, 9.17) is 16.7 Å². The third-order valence-electron chi connectivity index (χ3n) is 2.22. The van der Waals surface area contributed by atoms with Crippen molar-refractivity contribution in [3.05, 3.63) is 51.3 Å². The van der Waals surface area contributed by atoms with Crippen LogP contribution >= 0.6 is 11.6 Å². The molecule has 0 saturated heterocycles. The third kappa shape index (κ3) is 2.16. The maximum absolute atomic E-state index is 10.8. The summed E-state index contributed by atoms with van der Waals surface area (Å²) in [5, 5.41) is 23.9. The number of nitrogens with zero attached hydrogens (tertiary/aromatic N) is 3. The van der Waals surface area contributed by atoms with Crippen molar-refractivity contribution in [1.29, 1.82) is 0 Å². The highest BCUT2D eigenvalue weighted by Crippen LogP contribution is 2.23. The lowest BCUT2D eigenvalue weighted by Gasteiger charge is -2.03. The smallest absolute Gasteiger partial charge is 0.342 e. The van der Waals surface area contributed by atoms with Gasteiger partial charge in [-0.05, 0) is 12.1 Å². The van der Waals surface area contributed by atoms with Crippen molar-refractivity contribution in [1.82, 2.24) is 9.78 Å². The number of aromatic carboxylic acids is 1. The van der Waals surface area contributed by atoms with Crippen molar-refractivity contribution in [2.75, 3.05) is 0 Å². The summed E-state index contributed by atoms with van der Waals surface area (Å²) in [5.74, 6) is -1.35. The first-order valence-corrected chi connectivity index (χ1v) is 5.09. The molecule has 0 unspecified atom stereocenters. The largest absolute Gasteiger partial charge is 0.477 e. The number of hydrogen-bond donors (Lipinski definition) is 1. The Labute approximate surface area is 105 Å². The molecular formula is C10H6ClN3O4. The van der Waals surface area contributed by atoms with E-state index in [1.54, 1.807) is 0 Å². The Balaban J connectivity index is 2.56. The van der Waals surface area contributed by atoms with E-state index in [9.17, 15) is 14.9 Å². The number of rotatable bonds is 3. The molecular weight excluding hydrogens is 262 g/mol. The van der Waals surface area contributed by atoms with Gasteiger partial charge in [-0.15, -0.1) is 0 Å². The standard InChI is InChI=1S/C10H6ClN3O4/c11-6-4-12-13(5-6)7-1-2-8(10(15)16)9(3-7)14(17)18/h1-5H,(H,15,16). The SMILES string of the molecule is O=C(O)c1ccc(-n2cc(Cl)cn2)cc1[N+](=O)[O-]. The van der Waals surface area contributed by atoms with Crippen LogP contribution in [-0.4, -0.2) is 25.8 Å². The molecule has 0 spiro atoms. The van der Waals surface area contributed by atoms with Gasteiger partial charge in [0.25, 0.3) is 5.69 Å². The summed E-state index contributed by atoms with van der Waals surface area (Å²) in [6, 6.07) is 3.71. The van der Waals surface area contributed by atoms with Crippen LogP contribution in [0.1, 0.15) is 10.4 Å². The maximum atomic E-state index is 10.8. The van der Waals surface area contributed by atoms with Crippen molar-refractivity contribution >= 4 is 23.3 Å². The van der Waals surface area contributed by atoms with E-state index < -0.39 is 16.6 Å². The monoisotopic (exact) mass is 267 g/mol. The van der Waals surface area contributed by atoms with Gasteiger partial charge < -0.3 is 5.11 Å². The van der Waals surface area contributed by atoms with Crippen LogP contribution in [0.3, 0.4) is 0 Å². The van der Waals surface area contributed by atoms with Gasteiger partial charge in [-0.2, -0.15) is 5.10 Å². The van der Waals surface area contributed by atoms with Crippen molar-refractivity contribution in [3.63, 3.8) is 0 Å². The minimum absolute atomic E-state index is 0.360. The fourth-order valence-electron chi connectivity index (χ4n) is 1.44. The van der Waals surface area contributed by atoms with E-state index in [-0.39, 0.29) is 5.56 Å². The van der Waals surface area contributed by atoms with Crippen LogP contribution in [0.2, 0.25) is 5.02 Å². The highest BCUT2D eigenvalue weighted by atomic mass is 35.5. The number of carbonyl (C=O) groups is 1. The second-order valence-corrected chi connectivity index (χ2v) is 3.80. The number of hydrogen-bond acceptors (Lipinski definition) is 4. The third-order valence-corrected chi connectivity index (χ3v) is 2.42. The molecule has 8 heteroatoms. The molecule has 1 aromatic carbocycles. The van der Waals surface area contributed by atoms with Crippen LogP contribution in [0.25, 0.3) is 5.69 Å². The van der Waals surface area contributed by atoms with Crippen molar-refractivity contribution in [2.45, 2.75) is 0 Å². The lowest BCUT2D eigenvalue weighted by atomic mass is 10.1. The van der Waals surface area contributed by atoms with Crippen molar-refractivity contribution in [3.8, 4) is 5.69 Å². The molecule has 0 aliphatic heterocycles. The topological polar surface area (TPSA) is 98.3 Å². The van der Waals surface area contributed by atoms with Gasteiger partial charge in [0.05, 0.1) is 21.8 Å². The summed E-state index contributed by atoms with van der Waals surface area (Å²) in [6.45, 7) is 0. The number of benzene rings is 1. The van der Waals surface area contributed by atoms with Gasteiger partial charge in [0.1, 0.15) is 5.56 Å². The Bertz CT molecular complexity index is 638. The minimum atomic E-state index is -1.35. The van der Waals surface area contributed by atoms with Gasteiger partial charge >= 0.3 is 5.97 Å². The first-order chi connectivity index (χ1) is 8.49. The predicted molar refractivity (Wildman–Crippen MR) is 62.2 cm³/mol. The normalized spacial score (nSPS) is 10.3. The maximum Gasteiger partial charge on any atom is 0.342 e. The molecule has 2 rings (SSSR count). The van der Waals surface area contributed by atoms with Gasteiger partial charge in [-0.25, -0.2) is 9.48 Å². The molecule has 2 aromatic rings. The fraction of sp³-hybridized carbons (Fsp3) is 0. The Morgan fingerprint density at radius 3 is 2.72 bits per heavy atom. The molecule has 0 fully saturated rings. The summed E-state index contributed by atoms with van der Waals surface area (Å²) in [6.07, 6.45) is 2.83. The van der Waals surface area contributed by atoms with E-state index in [1.165, 1.54) is 23.1 Å². The van der Waals surface area contributed by atoms with E-state index in [0.29, 0.717) is 10.7 Å². The van der Waals surface area contributed by atoms with E-state index >= 15 is 0 Å². The molecule has 0 atom stereocenters. The molecule has 1 heterocycles. The molecule has 1 N–H and O–H groups in total. The number of nitro groups is 1. The van der Waals surface area contributed by atoms with E-state index in [2.05, 4.69) is 5.10 Å². The fourth-order valence-corrected chi connectivity index (χ4v) is 1.57. The van der Waals surface area contributed by atoms with Crippen LogP contribution in [0.5, 0.6) is 0 Å². The highest BCUT2D eigenvalue weighted by molar-refractivity contribution is 6.30. The highest BCUT2D eigenvalue weighted by Gasteiger charge is 2.20. The molecule has 18 heavy (non-hydrogen) atoms. The Morgan fingerprint density at radius 2 is 2.22 bits per heavy atom. The second-order valence-electron chi connectivity index (χ2n) is 3.37. The molecule has 0 radical (unpaired) electrons. The number of aromatic nitrogens is 2. The lowest BCUT2D eigenvalue weighted by Crippen LogP contribution is -2.04. The van der Waals surface area contributed by atoms with E-state index in [1.807, 2.05) is 0 Å². The Hall–Kier alpha value is -2.41. The second kappa shape index (κ2) is 4.46. The van der Waals surface area contributed by atoms with Crippen LogP contribution in [-0.2, 0) is 0 Å². The van der Waals surface area contributed by atoms with Gasteiger partial charge in [-0.3, -0.25) is 10.1 Å². The summed E-state index contributed by atoms with van der Waals surface area (Å²) in [7, 11) is 0. The molecule has 0 bridgehead atoms. The van der Waals surface area contributed by atoms with Gasteiger partial charge in [-0.1, -0.05) is 11.6 Å². The van der Waals surface area contributed by atoms with Crippen LogP contribution in [0.15, 0.2) is 30.6 Å². The average molecular weight is 268 g/mol. The van der Waals surface area contributed by atoms with Gasteiger partial charge in [0.15, 0.2) is 0 Å². The van der Waals surface area contributed by atoms with Gasteiger partial charge in [0.2, 0.25) is 0 Å². The Morgan fingerprint density at radius 1 is 1.50 bits per heavy atom. The van der Waals surface area contributed by atoms with Crippen LogP contribution < -0.4 is 0 Å². The molecule has 0 aliphatic carbocycles. The lowest BCUT2D eigenvalue weighted by molar-refractivity contribution is -0.385. The molecule has 92 valence electrons. The summed E-state index contributed by atoms with van der Waals surface area (Å²) in [4.78, 5) is 20.9. The number of nitro benzene ring substituents is 1. The summed E-state index contributed by atoms with van der Waals surface area (Å²) < 4.78 is 1.32.